The second-order valence-corrected chi connectivity index (χ2v) is 5.53. The summed E-state index contributed by atoms with van der Waals surface area (Å²) in [4.78, 5) is 6.72. The van der Waals surface area contributed by atoms with Gasteiger partial charge >= 0.3 is 0 Å². The Kier molecular flexibility index (Phi) is 4.83. The van der Waals surface area contributed by atoms with Gasteiger partial charge in [0.25, 0.3) is 0 Å². The summed E-state index contributed by atoms with van der Waals surface area (Å²) in [7, 11) is 2.07. The topological polar surface area (TPSA) is 16.1 Å². The Morgan fingerprint density at radius 2 is 2.05 bits per heavy atom. The van der Waals surface area contributed by atoms with Gasteiger partial charge in [0.15, 0.2) is 0 Å². The second kappa shape index (κ2) is 6.40. The van der Waals surface area contributed by atoms with Gasteiger partial charge in [-0.3, -0.25) is 4.98 Å². The molecule has 0 aliphatic rings. The molecule has 0 saturated heterocycles. The molecule has 2 nitrogen and oxygen atoms in total. The van der Waals surface area contributed by atoms with Gasteiger partial charge in [0.1, 0.15) is 0 Å². The smallest absolute Gasteiger partial charge is 0.0600 e. The van der Waals surface area contributed by atoms with Gasteiger partial charge < -0.3 is 4.90 Å². The Hall–Kier alpha value is -1.06. The standard InChI is InChI=1S/C15H16BrClN2/c1-11-4-3-5-14(18-11)10-19(2)15-7-6-13(17)8-12(15)9-16/h3-8H,9-10H2,1-2H3. The first-order chi connectivity index (χ1) is 9.10. The average Bonchev–Trinajstić information content (AvgIpc) is 2.38. The lowest BCUT2D eigenvalue weighted by Crippen LogP contribution is -2.18. The minimum atomic E-state index is 0.764. The van der Waals surface area contributed by atoms with Crippen molar-refractivity contribution in [1.82, 2.24) is 4.98 Å². The summed E-state index contributed by atoms with van der Waals surface area (Å²) in [6, 6.07) is 12.1. The summed E-state index contributed by atoms with van der Waals surface area (Å²) >= 11 is 9.54. The highest BCUT2D eigenvalue weighted by Crippen LogP contribution is 2.26. The van der Waals surface area contributed by atoms with Crippen LogP contribution in [0.4, 0.5) is 5.69 Å². The molecule has 0 amide bonds. The molecule has 2 aromatic rings. The fourth-order valence-corrected chi connectivity index (χ4v) is 2.69. The molecule has 1 heterocycles. The van der Waals surface area contributed by atoms with E-state index in [1.165, 1.54) is 11.3 Å². The molecule has 19 heavy (non-hydrogen) atoms. The Labute approximate surface area is 127 Å². The van der Waals surface area contributed by atoms with Crippen molar-refractivity contribution < 1.29 is 0 Å². The van der Waals surface area contributed by atoms with E-state index in [2.05, 4.69) is 38.9 Å². The third kappa shape index (κ3) is 3.71. The third-order valence-corrected chi connectivity index (χ3v) is 3.78. The van der Waals surface area contributed by atoms with Crippen LogP contribution in [0.1, 0.15) is 17.0 Å². The van der Waals surface area contributed by atoms with Crippen LogP contribution >= 0.6 is 27.5 Å². The first kappa shape index (κ1) is 14.4. The van der Waals surface area contributed by atoms with Gasteiger partial charge in [0.05, 0.1) is 12.2 Å². The summed E-state index contributed by atoms with van der Waals surface area (Å²) < 4.78 is 0. The van der Waals surface area contributed by atoms with Gasteiger partial charge in [-0.15, -0.1) is 0 Å². The largest absolute Gasteiger partial charge is 0.368 e. The molecule has 0 aliphatic carbocycles. The Bertz CT molecular complexity index is 572. The molecule has 4 heteroatoms. The minimum absolute atomic E-state index is 0.764. The van der Waals surface area contributed by atoms with Gasteiger partial charge in [0, 0.05) is 28.8 Å². The summed E-state index contributed by atoms with van der Waals surface area (Å²) in [5, 5.41) is 1.55. The van der Waals surface area contributed by atoms with Crippen molar-refractivity contribution in [3.05, 3.63) is 58.4 Å². The number of alkyl halides is 1. The number of nitrogens with zero attached hydrogens (tertiary/aromatic N) is 2. The fourth-order valence-electron chi connectivity index (χ4n) is 2.05. The van der Waals surface area contributed by atoms with Gasteiger partial charge in [0.2, 0.25) is 0 Å². The van der Waals surface area contributed by atoms with E-state index >= 15 is 0 Å². The number of anilines is 1. The lowest BCUT2D eigenvalue weighted by molar-refractivity contribution is 0.872. The van der Waals surface area contributed by atoms with E-state index in [4.69, 9.17) is 11.6 Å². The number of benzene rings is 1. The maximum absolute atomic E-state index is 6.03. The molecule has 0 spiro atoms. The van der Waals surface area contributed by atoms with E-state index in [1.807, 2.05) is 37.3 Å². The van der Waals surface area contributed by atoms with Crippen LogP contribution in [-0.2, 0) is 11.9 Å². The van der Waals surface area contributed by atoms with Crippen molar-refractivity contribution in [3.8, 4) is 0 Å². The predicted octanol–water partition coefficient (Wildman–Crippen LogP) is 4.57. The van der Waals surface area contributed by atoms with Gasteiger partial charge in [-0.2, -0.15) is 0 Å². The molecule has 1 aromatic carbocycles. The number of hydrogen-bond acceptors (Lipinski definition) is 2. The second-order valence-electron chi connectivity index (χ2n) is 4.53. The zero-order chi connectivity index (χ0) is 13.8. The zero-order valence-corrected chi connectivity index (χ0v) is 13.4. The summed E-state index contributed by atoms with van der Waals surface area (Å²) in [5.41, 5.74) is 4.47. The van der Waals surface area contributed by atoms with Gasteiger partial charge in [-0.25, -0.2) is 0 Å². The van der Waals surface area contributed by atoms with Gasteiger partial charge in [-0.05, 0) is 42.8 Å². The molecule has 0 saturated carbocycles. The summed E-state index contributed by atoms with van der Waals surface area (Å²) in [5.74, 6) is 0. The average molecular weight is 340 g/mol. The Morgan fingerprint density at radius 3 is 2.74 bits per heavy atom. The molecule has 0 radical (unpaired) electrons. The third-order valence-electron chi connectivity index (χ3n) is 2.94. The molecule has 1 aromatic heterocycles. The molecule has 0 fully saturated rings. The Morgan fingerprint density at radius 1 is 1.26 bits per heavy atom. The Balaban J connectivity index is 2.22. The van der Waals surface area contributed by atoms with E-state index in [-0.39, 0.29) is 0 Å². The highest BCUT2D eigenvalue weighted by atomic mass is 79.9. The SMILES string of the molecule is Cc1cccc(CN(C)c2ccc(Cl)cc2CBr)n1. The maximum Gasteiger partial charge on any atom is 0.0600 e. The van der Waals surface area contributed by atoms with Crippen molar-refractivity contribution in [1.29, 1.82) is 0 Å². The number of halogens is 2. The van der Waals surface area contributed by atoms with E-state index < -0.39 is 0 Å². The molecule has 0 unspecified atom stereocenters. The van der Waals surface area contributed by atoms with E-state index in [9.17, 15) is 0 Å². The van der Waals surface area contributed by atoms with Crippen LogP contribution in [0, 0.1) is 6.92 Å². The molecule has 100 valence electrons. The molecule has 2 rings (SSSR count). The lowest BCUT2D eigenvalue weighted by atomic mass is 10.2. The minimum Gasteiger partial charge on any atom is -0.368 e. The molecular weight excluding hydrogens is 324 g/mol. The highest BCUT2D eigenvalue weighted by molar-refractivity contribution is 9.08. The van der Waals surface area contributed by atoms with Crippen molar-refractivity contribution in [3.63, 3.8) is 0 Å². The van der Waals surface area contributed by atoms with Crippen LogP contribution in [0.15, 0.2) is 36.4 Å². The number of pyridine rings is 1. The number of hydrogen-bond donors (Lipinski definition) is 0. The normalized spacial score (nSPS) is 10.5. The van der Waals surface area contributed by atoms with E-state index in [0.717, 1.165) is 28.3 Å². The zero-order valence-electron chi connectivity index (χ0n) is 11.0. The van der Waals surface area contributed by atoms with Crippen LogP contribution in [0.2, 0.25) is 5.02 Å². The number of aryl methyl sites for hydroxylation is 1. The van der Waals surface area contributed by atoms with Crippen LogP contribution in [0.3, 0.4) is 0 Å². The molecule has 0 aliphatic heterocycles. The van der Waals surface area contributed by atoms with Gasteiger partial charge in [-0.1, -0.05) is 33.6 Å². The van der Waals surface area contributed by atoms with Crippen LogP contribution < -0.4 is 4.90 Å². The molecular formula is C15H16BrClN2. The van der Waals surface area contributed by atoms with Crippen LogP contribution in [0.25, 0.3) is 0 Å². The highest BCUT2D eigenvalue weighted by Gasteiger charge is 2.08. The predicted molar refractivity (Wildman–Crippen MR) is 85.2 cm³/mol. The van der Waals surface area contributed by atoms with E-state index in [1.54, 1.807) is 0 Å². The van der Waals surface area contributed by atoms with Crippen molar-refractivity contribution in [2.24, 2.45) is 0 Å². The maximum atomic E-state index is 6.03. The first-order valence-electron chi connectivity index (χ1n) is 6.08. The summed E-state index contributed by atoms with van der Waals surface area (Å²) in [6.07, 6.45) is 0. The fraction of sp³-hybridized carbons (Fsp3) is 0.267. The van der Waals surface area contributed by atoms with Crippen molar-refractivity contribution in [2.45, 2.75) is 18.8 Å². The van der Waals surface area contributed by atoms with Crippen molar-refractivity contribution in [2.75, 3.05) is 11.9 Å². The quantitative estimate of drug-likeness (QED) is 0.758. The molecule has 0 N–H and O–H groups in total. The van der Waals surface area contributed by atoms with Crippen LogP contribution in [-0.4, -0.2) is 12.0 Å². The first-order valence-corrected chi connectivity index (χ1v) is 7.58. The number of aromatic nitrogens is 1. The summed E-state index contributed by atoms with van der Waals surface area (Å²) in [6.45, 7) is 2.79. The lowest BCUT2D eigenvalue weighted by Gasteiger charge is -2.22. The van der Waals surface area contributed by atoms with Crippen molar-refractivity contribution >= 4 is 33.2 Å². The number of rotatable bonds is 4. The monoisotopic (exact) mass is 338 g/mol. The molecule has 0 atom stereocenters. The van der Waals surface area contributed by atoms with E-state index in [0.29, 0.717) is 0 Å². The molecule has 0 bridgehead atoms. The van der Waals surface area contributed by atoms with Crippen LogP contribution in [0.5, 0.6) is 0 Å².